The molecule has 0 spiro atoms. The predicted octanol–water partition coefficient (Wildman–Crippen LogP) is 2.91. The zero-order chi connectivity index (χ0) is 20.9. The average Bonchev–Trinajstić information content (AvgIpc) is 2.75. The summed E-state index contributed by atoms with van der Waals surface area (Å²) in [5, 5.41) is 6.54. The van der Waals surface area contributed by atoms with E-state index < -0.39 is 0 Å². The number of aliphatic imine (C=N–C) groups is 1. The van der Waals surface area contributed by atoms with Gasteiger partial charge in [-0.15, -0.1) is 24.0 Å². The summed E-state index contributed by atoms with van der Waals surface area (Å²) in [6.45, 7) is 2.01. The highest BCUT2D eigenvalue weighted by Crippen LogP contribution is 2.13. The van der Waals surface area contributed by atoms with Crippen LogP contribution in [0.1, 0.15) is 12.0 Å². The lowest BCUT2D eigenvalue weighted by Gasteiger charge is -2.14. The van der Waals surface area contributed by atoms with E-state index in [2.05, 4.69) is 15.6 Å². The normalized spacial score (nSPS) is 10.6. The van der Waals surface area contributed by atoms with Crippen molar-refractivity contribution < 1.29 is 14.3 Å². The van der Waals surface area contributed by atoms with Gasteiger partial charge in [0.1, 0.15) is 11.5 Å². The Morgan fingerprint density at radius 2 is 1.73 bits per heavy atom. The van der Waals surface area contributed by atoms with Gasteiger partial charge in [0.15, 0.2) is 12.6 Å². The largest absolute Gasteiger partial charge is 0.494 e. The summed E-state index contributed by atoms with van der Waals surface area (Å²) in [5.41, 5.74) is 1.04. The van der Waals surface area contributed by atoms with Crippen molar-refractivity contribution in [3.8, 4) is 11.5 Å². The molecule has 0 radical (unpaired) electrons. The lowest BCUT2D eigenvalue weighted by atomic mass is 10.2. The van der Waals surface area contributed by atoms with Crippen LogP contribution in [0.25, 0.3) is 0 Å². The number of hydrogen-bond donors (Lipinski definition) is 2. The molecular formula is C22H31IN4O3. The van der Waals surface area contributed by atoms with Crippen LogP contribution in [0.2, 0.25) is 0 Å². The number of ether oxygens (including phenoxy) is 2. The fourth-order valence-electron chi connectivity index (χ4n) is 2.41. The minimum Gasteiger partial charge on any atom is -0.494 e. The number of carbonyl (C=O) groups is 1. The molecule has 164 valence electrons. The maximum atomic E-state index is 11.6. The topological polar surface area (TPSA) is 75.2 Å². The smallest absolute Gasteiger partial charge is 0.259 e. The Labute approximate surface area is 195 Å². The molecule has 2 aromatic carbocycles. The summed E-state index contributed by atoms with van der Waals surface area (Å²) in [5.74, 6) is 2.19. The molecule has 0 heterocycles. The van der Waals surface area contributed by atoms with Crippen LogP contribution in [0.5, 0.6) is 11.5 Å². The molecule has 1 amide bonds. The Bertz CT molecular complexity index is 785. The third-order valence-corrected chi connectivity index (χ3v) is 4.07. The van der Waals surface area contributed by atoms with Gasteiger partial charge >= 0.3 is 0 Å². The van der Waals surface area contributed by atoms with Gasteiger partial charge in [-0.2, -0.15) is 0 Å². The first-order valence-electron chi connectivity index (χ1n) is 9.62. The molecule has 2 N–H and O–H groups in total. The third kappa shape index (κ3) is 9.82. The highest BCUT2D eigenvalue weighted by atomic mass is 127. The minimum atomic E-state index is -0.0747. The molecule has 0 saturated heterocycles. The van der Waals surface area contributed by atoms with E-state index in [0.29, 0.717) is 18.9 Å². The molecule has 0 bridgehead atoms. The highest BCUT2D eigenvalue weighted by Gasteiger charge is 2.05. The molecule has 0 unspecified atom stereocenters. The second-order valence-corrected chi connectivity index (χ2v) is 6.59. The van der Waals surface area contributed by atoms with E-state index in [1.807, 2.05) is 54.6 Å². The number of nitrogens with zero attached hydrogens (tertiary/aromatic N) is 2. The first-order chi connectivity index (χ1) is 14.1. The van der Waals surface area contributed by atoms with Crippen molar-refractivity contribution in [1.82, 2.24) is 15.5 Å². The van der Waals surface area contributed by atoms with Crippen molar-refractivity contribution in [1.29, 1.82) is 0 Å². The SMILES string of the molecule is CN=C(NCCCOc1ccccc1)NCc1cccc(OCC(=O)N(C)C)c1.I. The Morgan fingerprint density at radius 1 is 1.00 bits per heavy atom. The molecule has 8 heteroatoms. The Balaban J connectivity index is 0.00000450. The molecule has 0 aliphatic heterocycles. The molecular weight excluding hydrogens is 495 g/mol. The first-order valence-corrected chi connectivity index (χ1v) is 9.62. The van der Waals surface area contributed by atoms with Crippen molar-refractivity contribution in [2.75, 3.05) is 40.9 Å². The van der Waals surface area contributed by atoms with Gasteiger partial charge in [-0.05, 0) is 36.2 Å². The first kappa shape index (κ1) is 25.5. The fourth-order valence-corrected chi connectivity index (χ4v) is 2.41. The van der Waals surface area contributed by atoms with E-state index in [4.69, 9.17) is 9.47 Å². The van der Waals surface area contributed by atoms with Gasteiger partial charge in [0, 0.05) is 34.2 Å². The molecule has 0 saturated carbocycles. The summed E-state index contributed by atoms with van der Waals surface area (Å²) in [6.07, 6.45) is 0.860. The van der Waals surface area contributed by atoms with Crippen LogP contribution < -0.4 is 20.1 Å². The molecule has 0 aromatic heterocycles. The molecule has 0 atom stereocenters. The third-order valence-electron chi connectivity index (χ3n) is 4.07. The second-order valence-electron chi connectivity index (χ2n) is 6.59. The molecule has 0 aliphatic rings. The van der Waals surface area contributed by atoms with Crippen LogP contribution in [0.3, 0.4) is 0 Å². The maximum absolute atomic E-state index is 11.6. The number of guanidine groups is 1. The van der Waals surface area contributed by atoms with E-state index in [9.17, 15) is 4.79 Å². The van der Waals surface area contributed by atoms with Crippen molar-refractivity contribution in [2.24, 2.45) is 4.99 Å². The molecule has 2 rings (SSSR count). The fraction of sp³-hybridized carbons (Fsp3) is 0.364. The minimum absolute atomic E-state index is 0. The van der Waals surface area contributed by atoms with Crippen LogP contribution in [-0.4, -0.2) is 57.7 Å². The Hall–Kier alpha value is -2.49. The van der Waals surface area contributed by atoms with Crippen LogP contribution in [0.4, 0.5) is 0 Å². The van der Waals surface area contributed by atoms with Crippen molar-refractivity contribution in [2.45, 2.75) is 13.0 Å². The summed E-state index contributed by atoms with van der Waals surface area (Å²) < 4.78 is 11.2. The molecule has 0 aliphatic carbocycles. The number of rotatable bonds is 10. The summed E-state index contributed by atoms with van der Waals surface area (Å²) >= 11 is 0. The van der Waals surface area contributed by atoms with Crippen molar-refractivity contribution in [3.63, 3.8) is 0 Å². The molecule has 30 heavy (non-hydrogen) atoms. The van der Waals surface area contributed by atoms with Gasteiger partial charge in [0.05, 0.1) is 6.61 Å². The van der Waals surface area contributed by atoms with Gasteiger partial charge in [-0.3, -0.25) is 9.79 Å². The van der Waals surface area contributed by atoms with Gasteiger partial charge in [-0.1, -0.05) is 30.3 Å². The number of amides is 1. The van der Waals surface area contributed by atoms with E-state index in [1.165, 1.54) is 4.90 Å². The standard InChI is InChI=1S/C22H30N4O3.HI/c1-23-22(24-13-8-14-28-19-10-5-4-6-11-19)25-16-18-9-7-12-20(15-18)29-17-21(27)26(2)3;/h4-7,9-12,15H,8,13-14,16-17H2,1-3H3,(H2,23,24,25);1H. The Kier molecular flexibility index (Phi) is 12.3. The van der Waals surface area contributed by atoms with E-state index in [0.717, 1.165) is 30.2 Å². The zero-order valence-electron chi connectivity index (χ0n) is 17.8. The average molecular weight is 526 g/mol. The number of nitrogens with one attached hydrogen (secondary N) is 2. The lowest BCUT2D eigenvalue weighted by molar-refractivity contribution is -0.130. The number of benzene rings is 2. The van der Waals surface area contributed by atoms with Crippen LogP contribution in [0, 0.1) is 0 Å². The van der Waals surface area contributed by atoms with Crippen LogP contribution in [0.15, 0.2) is 59.6 Å². The number of likely N-dealkylation sites (N-methyl/N-ethyl adjacent to an activating group) is 1. The maximum Gasteiger partial charge on any atom is 0.259 e. The number of hydrogen-bond acceptors (Lipinski definition) is 4. The van der Waals surface area contributed by atoms with Gasteiger partial charge in [0.25, 0.3) is 5.91 Å². The van der Waals surface area contributed by atoms with Crippen LogP contribution in [-0.2, 0) is 11.3 Å². The van der Waals surface area contributed by atoms with Gasteiger partial charge in [-0.25, -0.2) is 0 Å². The molecule has 7 nitrogen and oxygen atoms in total. The van der Waals surface area contributed by atoms with E-state index >= 15 is 0 Å². The molecule has 0 fully saturated rings. The summed E-state index contributed by atoms with van der Waals surface area (Å²) in [7, 11) is 5.15. The van der Waals surface area contributed by atoms with Gasteiger partial charge < -0.3 is 25.0 Å². The summed E-state index contributed by atoms with van der Waals surface area (Å²) in [6, 6.07) is 17.4. The highest BCUT2D eigenvalue weighted by molar-refractivity contribution is 14.0. The van der Waals surface area contributed by atoms with Crippen LogP contribution >= 0.6 is 24.0 Å². The second kappa shape index (κ2) is 14.5. The van der Waals surface area contributed by atoms with E-state index in [1.54, 1.807) is 21.1 Å². The van der Waals surface area contributed by atoms with Crippen molar-refractivity contribution in [3.05, 3.63) is 60.2 Å². The van der Waals surface area contributed by atoms with Gasteiger partial charge in [0.2, 0.25) is 0 Å². The molecule has 2 aromatic rings. The summed E-state index contributed by atoms with van der Waals surface area (Å²) in [4.78, 5) is 17.4. The zero-order valence-corrected chi connectivity index (χ0v) is 20.1. The number of halogens is 1. The van der Waals surface area contributed by atoms with E-state index in [-0.39, 0.29) is 36.5 Å². The quantitative estimate of drug-likeness (QED) is 0.216. The Morgan fingerprint density at radius 3 is 2.43 bits per heavy atom. The predicted molar refractivity (Wildman–Crippen MR) is 131 cm³/mol. The van der Waals surface area contributed by atoms with Crippen molar-refractivity contribution >= 4 is 35.8 Å². The monoisotopic (exact) mass is 526 g/mol. The number of carbonyl (C=O) groups excluding carboxylic acids is 1. The lowest BCUT2D eigenvalue weighted by Crippen LogP contribution is -2.37. The number of para-hydroxylation sites is 1.